The van der Waals surface area contributed by atoms with Crippen molar-refractivity contribution in [1.82, 2.24) is 10.2 Å². The molecule has 0 bridgehead atoms. The van der Waals surface area contributed by atoms with E-state index in [1.807, 2.05) is 19.2 Å². The fourth-order valence-corrected chi connectivity index (χ4v) is 3.49. The van der Waals surface area contributed by atoms with E-state index in [9.17, 15) is 4.79 Å². The van der Waals surface area contributed by atoms with Crippen LogP contribution in [-0.4, -0.2) is 43.5 Å². The number of nitrogens with zero attached hydrogens (tertiary/aromatic N) is 2. The summed E-state index contributed by atoms with van der Waals surface area (Å²) in [5.41, 5.74) is 2.31. The van der Waals surface area contributed by atoms with E-state index in [2.05, 4.69) is 29.3 Å². The van der Waals surface area contributed by atoms with Crippen molar-refractivity contribution in [3.63, 3.8) is 0 Å². The number of piperidine rings is 1. The first-order chi connectivity index (χ1) is 10.2. The number of benzene rings is 1. The van der Waals surface area contributed by atoms with E-state index in [-0.39, 0.29) is 11.9 Å². The summed E-state index contributed by atoms with van der Waals surface area (Å²) >= 11 is 0. The second-order valence-corrected chi connectivity index (χ2v) is 6.14. The third-order valence-corrected chi connectivity index (χ3v) is 4.90. The summed E-state index contributed by atoms with van der Waals surface area (Å²) in [6.45, 7) is 5.69. The summed E-state index contributed by atoms with van der Waals surface area (Å²) in [4.78, 5) is 16.5. The lowest BCUT2D eigenvalue weighted by Gasteiger charge is -2.37. The summed E-state index contributed by atoms with van der Waals surface area (Å²) in [5.74, 6) is 0.206. The molecule has 1 aromatic rings. The molecule has 1 aromatic carbocycles. The first-order valence-electron chi connectivity index (χ1n) is 8.03. The quantitative estimate of drug-likeness (QED) is 0.925. The molecular formula is C17H25N3O. The number of carbonyl (C=O) groups is 1. The maximum Gasteiger partial charge on any atom is 0.228 e. The number of fused-ring (bicyclic) bond motifs is 1. The zero-order valence-electron chi connectivity index (χ0n) is 13.0. The number of hydrogen-bond donors (Lipinski definition) is 1. The maximum absolute atomic E-state index is 12.2. The molecule has 4 nitrogen and oxygen atoms in total. The number of nitrogens with one attached hydrogen (secondary N) is 1. The molecule has 0 aliphatic carbocycles. The average molecular weight is 287 g/mol. The van der Waals surface area contributed by atoms with Crippen LogP contribution in [0.15, 0.2) is 24.3 Å². The van der Waals surface area contributed by atoms with Crippen molar-refractivity contribution in [2.45, 2.75) is 38.3 Å². The van der Waals surface area contributed by atoms with Crippen LogP contribution >= 0.6 is 0 Å². The van der Waals surface area contributed by atoms with E-state index in [0.717, 1.165) is 25.3 Å². The third kappa shape index (κ3) is 2.97. The van der Waals surface area contributed by atoms with E-state index in [1.165, 1.54) is 18.4 Å². The van der Waals surface area contributed by atoms with Gasteiger partial charge in [0.25, 0.3) is 0 Å². The first-order valence-corrected chi connectivity index (χ1v) is 8.03. The number of carbonyl (C=O) groups excluding carboxylic acids is 1. The van der Waals surface area contributed by atoms with Crippen molar-refractivity contribution in [2.24, 2.45) is 0 Å². The summed E-state index contributed by atoms with van der Waals surface area (Å²) in [6.07, 6.45) is 2.93. The van der Waals surface area contributed by atoms with Crippen molar-refractivity contribution < 1.29 is 4.79 Å². The molecular weight excluding hydrogens is 262 g/mol. The standard InChI is InChI=1S/C17H25N3O/c1-3-20-10-8-13(9-11-20)18-15-12-17(21)19(2)16-7-5-4-6-14(15)16/h4-7,13,15,18H,3,8-12H2,1-2H3. The summed E-state index contributed by atoms with van der Waals surface area (Å²) in [5, 5.41) is 3.74. The highest BCUT2D eigenvalue weighted by molar-refractivity contribution is 5.96. The molecule has 0 radical (unpaired) electrons. The monoisotopic (exact) mass is 287 g/mol. The lowest BCUT2D eigenvalue weighted by atomic mass is 9.94. The van der Waals surface area contributed by atoms with Gasteiger partial charge in [-0.25, -0.2) is 0 Å². The predicted octanol–water partition coefficient (Wildman–Crippen LogP) is 2.17. The maximum atomic E-state index is 12.2. The Morgan fingerprint density at radius 3 is 2.67 bits per heavy atom. The molecule has 1 atom stereocenters. The SMILES string of the molecule is CCN1CCC(NC2CC(=O)N(C)c3ccccc32)CC1. The zero-order valence-corrected chi connectivity index (χ0v) is 13.0. The minimum atomic E-state index is 0.170. The number of para-hydroxylation sites is 1. The normalized spacial score (nSPS) is 24.2. The van der Waals surface area contributed by atoms with Crippen molar-refractivity contribution in [3.05, 3.63) is 29.8 Å². The van der Waals surface area contributed by atoms with Crippen molar-refractivity contribution in [1.29, 1.82) is 0 Å². The Morgan fingerprint density at radius 1 is 1.24 bits per heavy atom. The Morgan fingerprint density at radius 2 is 1.95 bits per heavy atom. The fraction of sp³-hybridized carbons (Fsp3) is 0.588. The van der Waals surface area contributed by atoms with E-state index in [1.54, 1.807) is 4.90 Å². The lowest BCUT2D eigenvalue weighted by molar-refractivity contribution is -0.119. The zero-order chi connectivity index (χ0) is 14.8. The Labute approximate surface area is 127 Å². The molecule has 0 aromatic heterocycles. The number of hydrogen-bond acceptors (Lipinski definition) is 3. The second kappa shape index (κ2) is 6.16. The third-order valence-electron chi connectivity index (χ3n) is 4.90. The van der Waals surface area contributed by atoms with Crippen LogP contribution in [0.3, 0.4) is 0 Å². The number of likely N-dealkylation sites (tertiary alicyclic amines) is 1. The Balaban J connectivity index is 1.71. The Hall–Kier alpha value is -1.39. The van der Waals surface area contributed by atoms with Crippen LogP contribution in [0.25, 0.3) is 0 Å². The van der Waals surface area contributed by atoms with Crippen LogP contribution < -0.4 is 10.2 Å². The fourth-order valence-electron chi connectivity index (χ4n) is 3.49. The van der Waals surface area contributed by atoms with Gasteiger partial charge < -0.3 is 15.1 Å². The van der Waals surface area contributed by atoms with Gasteiger partial charge in [-0.2, -0.15) is 0 Å². The van der Waals surface area contributed by atoms with Gasteiger partial charge in [0.2, 0.25) is 5.91 Å². The van der Waals surface area contributed by atoms with Crippen LogP contribution in [0.4, 0.5) is 5.69 Å². The molecule has 114 valence electrons. The molecule has 4 heteroatoms. The molecule has 3 rings (SSSR count). The molecule has 0 spiro atoms. The number of anilines is 1. The molecule has 2 aliphatic rings. The highest BCUT2D eigenvalue weighted by Gasteiger charge is 2.30. The van der Waals surface area contributed by atoms with Gasteiger partial charge in [-0.1, -0.05) is 25.1 Å². The highest BCUT2D eigenvalue weighted by atomic mass is 16.2. The van der Waals surface area contributed by atoms with Gasteiger partial charge in [-0.05, 0) is 44.1 Å². The number of rotatable bonds is 3. The molecule has 2 heterocycles. The largest absolute Gasteiger partial charge is 0.315 e. The molecule has 1 N–H and O–H groups in total. The minimum absolute atomic E-state index is 0.170. The van der Waals surface area contributed by atoms with Crippen molar-refractivity contribution in [3.8, 4) is 0 Å². The van der Waals surface area contributed by atoms with E-state index in [4.69, 9.17) is 0 Å². The van der Waals surface area contributed by atoms with E-state index >= 15 is 0 Å². The summed E-state index contributed by atoms with van der Waals surface area (Å²) in [7, 11) is 1.87. The van der Waals surface area contributed by atoms with Gasteiger partial charge >= 0.3 is 0 Å². The molecule has 21 heavy (non-hydrogen) atoms. The average Bonchev–Trinajstić information content (AvgIpc) is 2.53. The molecule has 0 saturated carbocycles. The minimum Gasteiger partial charge on any atom is -0.315 e. The van der Waals surface area contributed by atoms with Gasteiger partial charge in [-0.15, -0.1) is 0 Å². The smallest absolute Gasteiger partial charge is 0.228 e. The van der Waals surface area contributed by atoms with Crippen LogP contribution in [-0.2, 0) is 4.79 Å². The van der Waals surface area contributed by atoms with E-state index in [0.29, 0.717) is 12.5 Å². The predicted molar refractivity (Wildman–Crippen MR) is 85.5 cm³/mol. The first kappa shape index (κ1) is 14.5. The molecule has 1 amide bonds. The second-order valence-electron chi connectivity index (χ2n) is 6.14. The molecule has 1 unspecified atom stereocenters. The summed E-state index contributed by atoms with van der Waals surface area (Å²) in [6, 6.07) is 8.96. The highest BCUT2D eigenvalue weighted by Crippen LogP contribution is 2.34. The number of amides is 1. The van der Waals surface area contributed by atoms with Crippen LogP contribution in [0.1, 0.15) is 37.8 Å². The van der Waals surface area contributed by atoms with Gasteiger partial charge in [0, 0.05) is 31.2 Å². The Bertz CT molecular complexity index is 509. The lowest BCUT2D eigenvalue weighted by Crippen LogP contribution is -2.46. The van der Waals surface area contributed by atoms with Crippen LogP contribution in [0, 0.1) is 0 Å². The van der Waals surface area contributed by atoms with Crippen LogP contribution in [0.5, 0.6) is 0 Å². The van der Waals surface area contributed by atoms with Gasteiger partial charge in [0.15, 0.2) is 0 Å². The van der Waals surface area contributed by atoms with Gasteiger partial charge in [0.05, 0.1) is 0 Å². The molecule has 1 fully saturated rings. The molecule has 2 aliphatic heterocycles. The molecule has 1 saturated heterocycles. The van der Waals surface area contributed by atoms with Crippen molar-refractivity contribution >= 4 is 11.6 Å². The summed E-state index contributed by atoms with van der Waals surface area (Å²) < 4.78 is 0. The van der Waals surface area contributed by atoms with Crippen LogP contribution in [0.2, 0.25) is 0 Å². The van der Waals surface area contributed by atoms with Crippen molar-refractivity contribution in [2.75, 3.05) is 31.6 Å². The van der Waals surface area contributed by atoms with Gasteiger partial charge in [0.1, 0.15) is 0 Å². The van der Waals surface area contributed by atoms with Gasteiger partial charge in [-0.3, -0.25) is 4.79 Å². The van der Waals surface area contributed by atoms with E-state index < -0.39 is 0 Å². The topological polar surface area (TPSA) is 35.6 Å². The Kier molecular flexibility index (Phi) is 4.27.